The first-order valence-corrected chi connectivity index (χ1v) is 3.53. The Morgan fingerprint density at radius 2 is 1.23 bits per heavy atom. The Morgan fingerprint density at radius 3 is 1.31 bits per heavy atom. The molecule has 0 spiro atoms. The third-order valence-electron chi connectivity index (χ3n) is 1.03. The van der Waals surface area contributed by atoms with Crippen LogP contribution in [-0.4, -0.2) is 19.5 Å². The van der Waals surface area contributed by atoms with Crippen molar-refractivity contribution in [2.24, 2.45) is 0 Å². The summed E-state index contributed by atoms with van der Waals surface area (Å²) >= 11 is 0. The number of rotatable bonds is 1. The zero-order chi connectivity index (χ0) is 9.40. The number of carboxylic acid groups (broad SMARTS) is 1. The highest BCUT2D eigenvalue weighted by molar-refractivity contribution is 5.84. The van der Waals surface area contributed by atoms with Crippen LogP contribution in [0.3, 0.4) is 0 Å². The third-order valence-corrected chi connectivity index (χ3v) is 1.03. The van der Waals surface area contributed by atoms with Crippen LogP contribution in [0.1, 0.15) is 6.92 Å². The summed E-state index contributed by atoms with van der Waals surface area (Å²) < 4.78 is 0. The molecule has 0 heterocycles. The maximum atomic E-state index is 9.60. The van der Waals surface area contributed by atoms with Crippen LogP contribution < -0.4 is 0 Å². The van der Waals surface area contributed by atoms with Crippen LogP contribution in [0.4, 0.5) is 0 Å². The lowest BCUT2D eigenvalue weighted by Crippen LogP contribution is -1.92. The van der Waals surface area contributed by atoms with Crippen LogP contribution in [0.5, 0.6) is 0 Å². The summed E-state index contributed by atoms with van der Waals surface area (Å²) in [7, 11) is 0. The predicted molar refractivity (Wildman–Crippen MR) is 54.6 cm³/mol. The molecule has 0 aliphatic carbocycles. The maximum Gasteiger partial charge on any atom is 0.330 e. The highest BCUT2D eigenvalue weighted by atomic mass is 16.4. The fourth-order valence-electron chi connectivity index (χ4n) is 0.385. The molecule has 3 radical (unpaired) electrons. The first-order chi connectivity index (χ1) is 5.64. The number of carbonyl (C=O) groups is 1. The molecule has 1 N–H and O–H groups in total. The molecule has 2 nitrogen and oxygen atoms in total. The maximum absolute atomic E-state index is 9.60. The zero-order valence-electron chi connectivity index (χ0n) is 7.60. The van der Waals surface area contributed by atoms with Gasteiger partial charge in [0, 0.05) is 14.0 Å². The van der Waals surface area contributed by atoms with Crippen molar-refractivity contribution < 1.29 is 9.90 Å². The molecular formula is C10H12BO2. The second-order valence-electron chi connectivity index (χ2n) is 2.24. The first-order valence-electron chi connectivity index (χ1n) is 3.53. The van der Waals surface area contributed by atoms with Gasteiger partial charge >= 0.3 is 5.97 Å². The van der Waals surface area contributed by atoms with Crippen LogP contribution >= 0.6 is 0 Å². The van der Waals surface area contributed by atoms with E-state index in [1.165, 1.54) is 6.92 Å². The molecule has 0 unspecified atom stereocenters. The average molecular weight is 175 g/mol. The van der Waals surface area contributed by atoms with E-state index < -0.39 is 5.97 Å². The average Bonchev–Trinajstić information content (AvgIpc) is 2.08. The number of hydrogen-bond donors (Lipinski definition) is 1. The van der Waals surface area contributed by atoms with Gasteiger partial charge in [-0.3, -0.25) is 0 Å². The monoisotopic (exact) mass is 175 g/mol. The normalized spacial score (nSPS) is 7.15. The van der Waals surface area contributed by atoms with Crippen molar-refractivity contribution in [2.45, 2.75) is 6.92 Å². The molecule has 0 bridgehead atoms. The molecule has 1 aromatic carbocycles. The minimum absolute atomic E-state index is 0. The molecule has 13 heavy (non-hydrogen) atoms. The summed E-state index contributed by atoms with van der Waals surface area (Å²) in [5, 5.41) is 7.89. The predicted octanol–water partition coefficient (Wildman–Crippen LogP) is 1.95. The van der Waals surface area contributed by atoms with Gasteiger partial charge in [0.25, 0.3) is 0 Å². The van der Waals surface area contributed by atoms with Gasteiger partial charge in [-0.25, -0.2) is 4.79 Å². The van der Waals surface area contributed by atoms with E-state index in [-0.39, 0.29) is 14.0 Å². The standard InChI is InChI=1S/C6H6.C4H6O2.B/c1-2-4-6-5-3-1;1-3(2)4(5)6;/h1-6H;1H2,2H3,(H,5,6);. The van der Waals surface area contributed by atoms with E-state index in [0.717, 1.165) is 0 Å². The lowest BCUT2D eigenvalue weighted by Gasteiger charge is -1.79. The van der Waals surface area contributed by atoms with E-state index >= 15 is 0 Å². The van der Waals surface area contributed by atoms with Gasteiger partial charge in [-0.05, 0) is 6.92 Å². The van der Waals surface area contributed by atoms with Crippen molar-refractivity contribution in [3.05, 3.63) is 48.6 Å². The topological polar surface area (TPSA) is 37.3 Å². The molecule has 0 aliphatic heterocycles. The Hall–Kier alpha value is -1.51. The van der Waals surface area contributed by atoms with Gasteiger partial charge in [0.15, 0.2) is 0 Å². The summed E-state index contributed by atoms with van der Waals surface area (Å²) in [4.78, 5) is 9.60. The minimum atomic E-state index is -0.935. The molecule has 0 saturated heterocycles. The van der Waals surface area contributed by atoms with Gasteiger partial charge in [0.1, 0.15) is 0 Å². The van der Waals surface area contributed by atoms with Crippen molar-refractivity contribution in [3.63, 3.8) is 0 Å². The first kappa shape index (κ1) is 14.0. The largest absolute Gasteiger partial charge is 0.478 e. The highest BCUT2D eigenvalue weighted by Crippen LogP contribution is 1.81. The van der Waals surface area contributed by atoms with Crippen LogP contribution in [0.2, 0.25) is 0 Å². The summed E-state index contributed by atoms with van der Waals surface area (Å²) in [6.45, 7) is 4.60. The molecule has 0 saturated carbocycles. The van der Waals surface area contributed by atoms with Gasteiger partial charge in [-0.1, -0.05) is 43.0 Å². The summed E-state index contributed by atoms with van der Waals surface area (Å²) in [6.07, 6.45) is 0. The van der Waals surface area contributed by atoms with Crippen LogP contribution in [0, 0.1) is 0 Å². The molecule has 1 rings (SSSR count). The van der Waals surface area contributed by atoms with Gasteiger partial charge in [-0.2, -0.15) is 0 Å². The minimum Gasteiger partial charge on any atom is -0.478 e. The van der Waals surface area contributed by atoms with E-state index in [1.807, 2.05) is 36.4 Å². The fourth-order valence-corrected chi connectivity index (χ4v) is 0.385. The van der Waals surface area contributed by atoms with E-state index in [0.29, 0.717) is 0 Å². The number of aliphatic carboxylic acids is 1. The van der Waals surface area contributed by atoms with E-state index in [9.17, 15) is 4.79 Å². The fraction of sp³-hybridized carbons (Fsp3) is 0.100. The number of carboxylic acids is 1. The molecule has 67 valence electrons. The molecule has 0 atom stereocenters. The van der Waals surface area contributed by atoms with Gasteiger partial charge < -0.3 is 5.11 Å². The van der Waals surface area contributed by atoms with Gasteiger partial charge in [-0.15, -0.1) is 0 Å². The second kappa shape index (κ2) is 8.59. The second-order valence-corrected chi connectivity index (χ2v) is 2.24. The smallest absolute Gasteiger partial charge is 0.330 e. The quantitative estimate of drug-likeness (QED) is 0.523. The molecule has 0 amide bonds. The van der Waals surface area contributed by atoms with Crippen LogP contribution in [0.25, 0.3) is 0 Å². The zero-order valence-corrected chi connectivity index (χ0v) is 7.60. The summed E-state index contributed by atoms with van der Waals surface area (Å²) in [5.41, 5.74) is 0.176. The van der Waals surface area contributed by atoms with E-state index in [2.05, 4.69) is 6.58 Å². The Balaban J connectivity index is 0. The molecule has 3 heteroatoms. The molecule has 0 fully saturated rings. The SMILES string of the molecule is C=C(C)C(=O)O.[B].c1ccccc1. The Bertz CT molecular complexity index is 206. The Labute approximate surface area is 80.5 Å². The van der Waals surface area contributed by atoms with Crippen molar-refractivity contribution in [1.29, 1.82) is 0 Å². The molecule has 0 aromatic heterocycles. The molecule has 0 aliphatic rings. The van der Waals surface area contributed by atoms with E-state index in [1.54, 1.807) is 0 Å². The van der Waals surface area contributed by atoms with Crippen molar-refractivity contribution in [1.82, 2.24) is 0 Å². The van der Waals surface area contributed by atoms with Gasteiger partial charge in [0.05, 0.1) is 0 Å². The lowest BCUT2D eigenvalue weighted by atomic mass is 10.4. The van der Waals surface area contributed by atoms with Crippen molar-refractivity contribution in [2.75, 3.05) is 0 Å². The highest BCUT2D eigenvalue weighted by Gasteiger charge is 1.90. The number of benzene rings is 1. The van der Waals surface area contributed by atoms with Crippen LogP contribution in [-0.2, 0) is 4.79 Å². The van der Waals surface area contributed by atoms with Crippen LogP contribution in [0.15, 0.2) is 48.6 Å². The third kappa shape index (κ3) is 10.5. The van der Waals surface area contributed by atoms with Gasteiger partial charge in [0.2, 0.25) is 0 Å². The lowest BCUT2D eigenvalue weighted by molar-refractivity contribution is -0.132. The van der Waals surface area contributed by atoms with E-state index in [4.69, 9.17) is 5.11 Å². The summed E-state index contributed by atoms with van der Waals surface area (Å²) in [5.74, 6) is -0.935. The summed E-state index contributed by atoms with van der Waals surface area (Å²) in [6, 6.07) is 12.0. The Morgan fingerprint density at radius 1 is 1.08 bits per heavy atom. The molecular weight excluding hydrogens is 163 g/mol. The van der Waals surface area contributed by atoms with Crippen molar-refractivity contribution >= 4 is 14.4 Å². The Kier molecular flexibility index (Phi) is 9.28. The molecule has 1 aromatic rings. The number of hydrogen-bond acceptors (Lipinski definition) is 1. The van der Waals surface area contributed by atoms with Crippen molar-refractivity contribution in [3.8, 4) is 0 Å².